The van der Waals surface area contributed by atoms with Gasteiger partial charge in [-0.05, 0) is 62.9 Å². The summed E-state index contributed by atoms with van der Waals surface area (Å²) in [6.07, 6.45) is 0. The summed E-state index contributed by atoms with van der Waals surface area (Å²) < 4.78 is 26.8. The van der Waals surface area contributed by atoms with Crippen molar-refractivity contribution >= 4 is 0 Å². The maximum Gasteiger partial charge on any atom is 0.126 e. The highest BCUT2D eigenvalue weighted by molar-refractivity contribution is 5.23. The van der Waals surface area contributed by atoms with Crippen molar-refractivity contribution in [1.29, 1.82) is 0 Å². The van der Waals surface area contributed by atoms with Gasteiger partial charge in [-0.3, -0.25) is 0 Å². The molecule has 2 atom stereocenters. The van der Waals surface area contributed by atoms with Crippen LogP contribution in [0.2, 0.25) is 0 Å². The molecule has 0 aromatic heterocycles. The first-order valence-corrected chi connectivity index (χ1v) is 6.40. The molecule has 1 N–H and O–H groups in total. The van der Waals surface area contributed by atoms with Gasteiger partial charge in [-0.1, -0.05) is 13.8 Å². The molecular formula is C15H23F2N. The second-order valence-electron chi connectivity index (χ2n) is 6.06. The summed E-state index contributed by atoms with van der Waals surface area (Å²) in [4.78, 5) is 0. The zero-order valence-electron chi connectivity index (χ0n) is 11.8. The molecule has 0 aliphatic rings. The number of halogens is 2. The summed E-state index contributed by atoms with van der Waals surface area (Å²) >= 11 is 0. The molecule has 18 heavy (non-hydrogen) atoms. The second-order valence-corrected chi connectivity index (χ2v) is 6.06. The van der Waals surface area contributed by atoms with E-state index in [4.69, 9.17) is 0 Å². The Balaban J connectivity index is 2.74. The highest BCUT2D eigenvalue weighted by Gasteiger charge is 2.20. The fourth-order valence-corrected chi connectivity index (χ4v) is 1.81. The van der Waals surface area contributed by atoms with E-state index in [1.807, 2.05) is 13.8 Å². The normalized spacial score (nSPS) is 15.5. The minimum Gasteiger partial charge on any atom is -0.312 e. The standard InChI is InChI=1S/C15H23F2N/c1-10(9-18-15(3,4)5)11(2)13-8-12(16)6-7-14(13)17/h6-8,10-11,18H,9H2,1-5H3. The van der Waals surface area contributed by atoms with Gasteiger partial charge in [-0.25, -0.2) is 8.78 Å². The van der Waals surface area contributed by atoms with E-state index < -0.39 is 0 Å². The molecule has 1 rings (SSSR count). The Bertz CT molecular complexity index is 396. The van der Waals surface area contributed by atoms with Crippen molar-refractivity contribution in [3.63, 3.8) is 0 Å². The number of benzene rings is 1. The summed E-state index contributed by atoms with van der Waals surface area (Å²) in [7, 11) is 0. The molecule has 0 amide bonds. The highest BCUT2D eigenvalue weighted by atomic mass is 19.1. The Kier molecular flexibility index (Phi) is 4.85. The predicted octanol–water partition coefficient (Wildman–Crippen LogP) is 4.09. The number of hydrogen-bond acceptors (Lipinski definition) is 1. The molecule has 3 heteroatoms. The van der Waals surface area contributed by atoms with E-state index in [-0.39, 0.29) is 29.0 Å². The number of hydrogen-bond donors (Lipinski definition) is 1. The highest BCUT2D eigenvalue weighted by Crippen LogP contribution is 2.27. The van der Waals surface area contributed by atoms with Gasteiger partial charge in [0.05, 0.1) is 0 Å². The maximum atomic E-state index is 13.7. The molecule has 0 spiro atoms. The van der Waals surface area contributed by atoms with Crippen LogP contribution in [0.4, 0.5) is 8.78 Å². The van der Waals surface area contributed by atoms with Gasteiger partial charge in [-0.15, -0.1) is 0 Å². The van der Waals surface area contributed by atoms with Crippen molar-refractivity contribution in [2.24, 2.45) is 5.92 Å². The molecule has 0 aliphatic carbocycles. The molecule has 0 fully saturated rings. The van der Waals surface area contributed by atoms with Gasteiger partial charge in [0.1, 0.15) is 11.6 Å². The third kappa shape index (κ3) is 4.37. The molecule has 2 unspecified atom stereocenters. The largest absolute Gasteiger partial charge is 0.312 e. The van der Waals surface area contributed by atoms with Crippen LogP contribution in [-0.4, -0.2) is 12.1 Å². The van der Waals surface area contributed by atoms with Crippen molar-refractivity contribution < 1.29 is 8.78 Å². The molecule has 0 saturated heterocycles. The summed E-state index contributed by atoms with van der Waals surface area (Å²) in [5.74, 6) is -0.489. The third-order valence-electron chi connectivity index (χ3n) is 3.26. The molecule has 0 bridgehead atoms. The number of rotatable bonds is 4. The van der Waals surface area contributed by atoms with Crippen LogP contribution in [0, 0.1) is 17.6 Å². The maximum absolute atomic E-state index is 13.7. The average molecular weight is 255 g/mol. The summed E-state index contributed by atoms with van der Waals surface area (Å²) in [5.41, 5.74) is 0.493. The fraction of sp³-hybridized carbons (Fsp3) is 0.600. The minimum atomic E-state index is -0.380. The summed E-state index contributed by atoms with van der Waals surface area (Å²) in [6.45, 7) is 11.0. The van der Waals surface area contributed by atoms with Gasteiger partial charge in [-0.2, -0.15) is 0 Å². The van der Waals surface area contributed by atoms with Crippen LogP contribution in [0.1, 0.15) is 46.1 Å². The van der Waals surface area contributed by atoms with Crippen molar-refractivity contribution in [3.05, 3.63) is 35.4 Å². The van der Waals surface area contributed by atoms with E-state index in [2.05, 4.69) is 26.1 Å². The first-order valence-electron chi connectivity index (χ1n) is 6.40. The van der Waals surface area contributed by atoms with Gasteiger partial charge < -0.3 is 5.32 Å². The van der Waals surface area contributed by atoms with Gasteiger partial charge in [0.2, 0.25) is 0 Å². The van der Waals surface area contributed by atoms with Crippen molar-refractivity contribution in [2.45, 2.75) is 46.1 Å². The first-order chi connectivity index (χ1) is 8.20. The SMILES string of the molecule is CC(CNC(C)(C)C)C(C)c1cc(F)ccc1F. The second kappa shape index (κ2) is 5.79. The van der Waals surface area contributed by atoms with Crippen molar-refractivity contribution in [1.82, 2.24) is 5.32 Å². The Morgan fingerprint density at radius 2 is 1.78 bits per heavy atom. The molecule has 0 radical (unpaired) electrons. The van der Waals surface area contributed by atoms with Crippen molar-refractivity contribution in [2.75, 3.05) is 6.54 Å². The molecule has 1 aromatic carbocycles. The Labute approximate surface area is 109 Å². The smallest absolute Gasteiger partial charge is 0.126 e. The zero-order chi connectivity index (χ0) is 13.9. The molecule has 0 heterocycles. The van der Waals surface area contributed by atoms with E-state index in [1.54, 1.807) is 0 Å². The van der Waals surface area contributed by atoms with Crippen LogP contribution in [0.3, 0.4) is 0 Å². The van der Waals surface area contributed by atoms with Crippen LogP contribution in [0.15, 0.2) is 18.2 Å². The van der Waals surface area contributed by atoms with E-state index in [0.29, 0.717) is 5.56 Å². The Morgan fingerprint density at radius 1 is 1.17 bits per heavy atom. The molecule has 1 nitrogen and oxygen atoms in total. The molecular weight excluding hydrogens is 232 g/mol. The Hall–Kier alpha value is -0.960. The van der Waals surface area contributed by atoms with Crippen LogP contribution in [0.5, 0.6) is 0 Å². The fourth-order valence-electron chi connectivity index (χ4n) is 1.81. The lowest BCUT2D eigenvalue weighted by molar-refractivity contribution is 0.355. The lowest BCUT2D eigenvalue weighted by Crippen LogP contribution is -2.39. The number of nitrogens with one attached hydrogen (secondary N) is 1. The lowest BCUT2D eigenvalue weighted by Gasteiger charge is -2.27. The third-order valence-corrected chi connectivity index (χ3v) is 3.26. The lowest BCUT2D eigenvalue weighted by atomic mass is 9.88. The monoisotopic (exact) mass is 255 g/mol. The van der Waals surface area contributed by atoms with Gasteiger partial charge in [0, 0.05) is 5.54 Å². The molecule has 0 saturated carbocycles. The molecule has 102 valence electrons. The van der Waals surface area contributed by atoms with Crippen LogP contribution in [0.25, 0.3) is 0 Å². The van der Waals surface area contributed by atoms with E-state index in [9.17, 15) is 8.78 Å². The van der Waals surface area contributed by atoms with E-state index in [0.717, 1.165) is 12.6 Å². The van der Waals surface area contributed by atoms with E-state index in [1.165, 1.54) is 12.1 Å². The van der Waals surface area contributed by atoms with E-state index >= 15 is 0 Å². The van der Waals surface area contributed by atoms with Gasteiger partial charge in [0.25, 0.3) is 0 Å². The average Bonchev–Trinajstić information content (AvgIpc) is 2.27. The minimum absolute atomic E-state index is 0.0180. The quantitative estimate of drug-likeness (QED) is 0.854. The van der Waals surface area contributed by atoms with Crippen LogP contribution < -0.4 is 5.32 Å². The van der Waals surface area contributed by atoms with Gasteiger partial charge >= 0.3 is 0 Å². The van der Waals surface area contributed by atoms with Crippen molar-refractivity contribution in [3.8, 4) is 0 Å². The van der Waals surface area contributed by atoms with Crippen LogP contribution >= 0.6 is 0 Å². The summed E-state index contributed by atoms with van der Waals surface area (Å²) in [6, 6.07) is 3.66. The predicted molar refractivity (Wildman–Crippen MR) is 71.7 cm³/mol. The molecule has 0 aliphatic heterocycles. The summed E-state index contributed by atoms with van der Waals surface area (Å²) in [5, 5.41) is 3.39. The molecule has 1 aromatic rings. The van der Waals surface area contributed by atoms with Crippen LogP contribution in [-0.2, 0) is 0 Å². The zero-order valence-corrected chi connectivity index (χ0v) is 11.8. The topological polar surface area (TPSA) is 12.0 Å². The van der Waals surface area contributed by atoms with Gasteiger partial charge in [0.15, 0.2) is 0 Å². The first kappa shape index (κ1) is 15.1. The Morgan fingerprint density at radius 3 is 2.33 bits per heavy atom.